The minimum absolute atomic E-state index is 0.267. The van der Waals surface area contributed by atoms with Gasteiger partial charge in [0.1, 0.15) is 0 Å². The molecule has 3 rings (SSSR count). The lowest BCUT2D eigenvalue weighted by Crippen LogP contribution is -2.11. The van der Waals surface area contributed by atoms with E-state index < -0.39 is 5.97 Å². The van der Waals surface area contributed by atoms with Crippen molar-refractivity contribution in [1.29, 1.82) is 0 Å². The van der Waals surface area contributed by atoms with Crippen molar-refractivity contribution in [2.45, 2.75) is 6.92 Å². The summed E-state index contributed by atoms with van der Waals surface area (Å²) in [7, 11) is 2.84. The average Bonchev–Trinajstić information content (AvgIpc) is 3.25. The summed E-state index contributed by atoms with van der Waals surface area (Å²) in [4.78, 5) is 25.1. The number of hydrogen-bond donors (Lipinski definition) is 0. The van der Waals surface area contributed by atoms with Crippen LogP contribution in [0.15, 0.2) is 60.8 Å². The summed E-state index contributed by atoms with van der Waals surface area (Å²) in [6.07, 6.45) is 4.73. The molecule has 0 amide bonds. The molecule has 160 valence electrons. The Labute approximate surface area is 185 Å². The molecule has 1 heterocycles. The number of halogens is 1. The van der Waals surface area contributed by atoms with Gasteiger partial charge >= 0.3 is 5.97 Å². The van der Waals surface area contributed by atoms with Crippen molar-refractivity contribution in [3.8, 4) is 17.2 Å². The molecule has 1 aromatic heterocycles. The van der Waals surface area contributed by atoms with E-state index in [4.69, 9.17) is 21.1 Å². The number of aromatic nitrogens is 1. The summed E-state index contributed by atoms with van der Waals surface area (Å²) < 4.78 is 17.5. The summed E-state index contributed by atoms with van der Waals surface area (Å²) in [5.41, 5.74) is 2.04. The second-order valence-corrected chi connectivity index (χ2v) is 6.86. The lowest BCUT2D eigenvalue weighted by Gasteiger charge is -2.16. The predicted octanol–water partition coefficient (Wildman–Crippen LogP) is 4.96. The number of nitrogens with zero attached hydrogens (tertiary/aromatic N) is 1. The second kappa shape index (κ2) is 10.00. The van der Waals surface area contributed by atoms with Gasteiger partial charge in [0.25, 0.3) is 0 Å². The van der Waals surface area contributed by atoms with E-state index in [0.717, 1.165) is 0 Å². The van der Waals surface area contributed by atoms with Crippen molar-refractivity contribution in [3.63, 3.8) is 0 Å². The van der Waals surface area contributed by atoms with Gasteiger partial charge in [-0.2, -0.15) is 0 Å². The van der Waals surface area contributed by atoms with E-state index in [0.29, 0.717) is 45.6 Å². The number of para-hydroxylation sites is 1. The Morgan fingerprint density at radius 1 is 1.06 bits per heavy atom. The van der Waals surface area contributed by atoms with Crippen LogP contribution in [0.25, 0.3) is 11.8 Å². The molecule has 0 aliphatic heterocycles. The molecular weight excluding hydrogens is 418 g/mol. The number of carbonyl (C=O) groups is 2. The van der Waals surface area contributed by atoms with Crippen LogP contribution in [0.3, 0.4) is 0 Å². The zero-order chi connectivity index (χ0) is 22.4. The number of benzene rings is 2. The molecule has 0 bridgehead atoms. The highest BCUT2D eigenvalue weighted by atomic mass is 35.5. The van der Waals surface area contributed by atoms with Crippen molar-refractivity contribution in [1.82, 2.24) is 4.57 Å². The first-order valence-electron chi connectivity index (χ1n) is 9.58. The lowest BCUT2D eigenvalue weighted by molar-refractivity contribution is -0.134. The van der Waals surface area contributed by atoms with Crippen molar-refractivity contribution in [2.24, 2.45) is 0 Å². The highest BCUT2D eigenvalue weighted by Crippen LogP contribution is 2.34. The molecule has 0 saturated heterocycles. The third-order valence-electron chi connectivity index (χ3n) is 4.57. The van der Waals surface area contributed by atoms with Gasteiger partial charge in [0, 0.05) is 28.6 Å². The maximum Gasteiger partial charge on any atom is 0.330 e. The Bertz CT molecular complexity index is 1130. The normalized spacial score (nSPS) is 10.8. The SMILES string of the molecule is CCOc1c(OC)cccc1C(=O)c1cc(Cl)ccc1-n1cccc1C=CC(=O)OC. The highest BCUT2D eigenvalue weighted by Gasteiger charge is 2.22. The average molecular weight is 440 g/mol. The minimum Gasteiger partial charge on any atom is -0.493 e. The molecule has 3 aromatic rings. The predicted molar refractivity (Wildman–Crippen MR) is 119 cm³/mol. The number of carbonyl (C=O) groups excluding carboxylic acids is 2. The van der Waals surface area contributed by atoms with Crippen molar-refractivity contribution < 1.29 is 23.8 Å². The third-order valence-corrected chi connectivity index (χ3v) is 4.80. The standard InChI is InChI=1S/C24H22ClNO5/c1-4-31-24-18(8-5-9-21(24)29-2)23(28)19-15-16(25)10-12-20(19)26-14-6-7-17(26)11-13-22(27)30-3/h5-15H,4H2,1-3H3. The molecule has 31 heavy (non-hydrogen) atoms. The molecule has 7 heteroatoms. The Balaban J connectivity index is 2.13. The minimum atomic E-state index is -0.474. The van der Waals surface area contributed by atoms with Crippen LogP contribution in [0, 0.1) is 0 Å². The third kappa shape index (κ3) is 4.81. The molecule has 0 radical (unpaired) electrons. The largest absolute Gasteiger partial charge is 0.493 e. The van der Waals surface area contributed by atoms with Gasteiger partial charge in [-0.15, -0.1) is 0 Å². The van der Waals surface area contributed by atoms with Crippen LogP contribution in [0.2, 0.25) is 5.02 Å². The van der Waals surface area contributed by atoms with Gasteiger partial charge in [-0.05, 0) is 55.5 Å². The van der Waals surface area contributed by atoms with E-state index in [2.05, 4.69) is 4.74 Å². The molecule has 0 atom stereocenters. The van der Waals surface area contributed by atoms with E-state index in [9.17, 15) is 9.59 Å². The summed E-state index contributed by atoms with van der Waals surface area (Å²) in [5, 5.41) is 0.423. The van der Waals surface area contributed by atoms with Gasteiger partial charge in [-0.3, -0.25) is 4.79 Å². The molecule has 0 spiro atoms. The van der Waals surface area contributed by atoms with Crippen LogP contribution in [0.4, 0.5) is 0 Å². The Morgan fingerprint density at radius 2 is 1.87 bits per heavy atom. The lowest BCUT2D eigenvalue weighted by atomic mass is 10.00. The molecule has 0 aliphatic rings. The van der Waals surface area contributed by atoms with E-state index >= 15 is 0 Å². The molecule has 6 nitrogen and oxygen atoms in total. The zero-order valence-electron chi connectivity index (χ0n) is 17.4. The van der Waals surface area contributed by atoms with Crippen molar-refractivity contribution in [3.05, 3.63) is 82.6 Å². The van der Waals surface area contributed by atoms with Gasteiger partial charge in [-0.25, -0.2) is 4.79 Å². The fraction of sp³-hybridized carbons (Fsp3) is 0.167. The van der Waals surface area contributed by atoms with E-state index in [-0.39, 0.29) is 5.78 Å². The van der Waals surface area contributed by atoms with Crippen LogP contribution < -0.4 is 9.47 Å². The Hall–Kier alpha value is -3.51. The smallest absolute Gasteiger partial charge is 0.330 e. The highest BCUT2D eigenvalue weighted by molar-refractivity contribution is 6.31. The molecule has 0 unspecified atom stereocenters. The zero-order valence-corrected chi connectivity index (χ0v) is 18.2. The summed E-state index contributed by atoms with van der Waals surface area (Å²) >= 11 is 6.24. The van der Waals surface area contributed by atoms with Crippen molar-refractivity contribution >= 4 is 29.4 Å². The van der Waals surface area contributed by atoms with E-state index in [1.807, 2.05) is 19.1 Å². The maximum absolute atomic E-state index is 13.6. The number of esters is 1. The van der Waals surface area contributed by atoms with E-state index in [1.165, 1.54) is 20.3 Å². The Kier molecular flexibility index (Phi) is 7.15. The second-order valence-electron chi connectivity index (χ2n) is 6.42. The van der Waals surface area contributed by atoms with Crippen molar-refractivity contribution in [2.75, 3.05) is 20.8 Å². The topological polar surface area (TPSA) is 66.8 Å². The monoisotopic (exact) mass is 439 g/mol. The number of hydrogen-bond acceptors (Lipinski definition) is 5. The fourth-order valence-corrected chi connectivity index (χ4v) is 3.34. The number of rotatable bonds is 8. The number of ether oxygens (including phenoxy) is 3. The molecular formula is C24H22ClNO5. The number of ketones is 1. The summed E-state index contributed by atoms with van der Waals surface area (Å²) in [5.74, 6) is 0.107. The molecule has 0 fully saturated rings. The van der Waals surface area contributed by atoms with Crippen LogP contribution in [-0.2, 0) is 9.53 Å². The van der Waals surface area contributed by atoms with Crippen LogP contribution in [0.5, 0.6) is 11.5 Å². The van der Waals surface area contributed by atoms with Crippen LogP contribution in [0.1, 0.15) is 28.5 Å². The first-order valence-corrected chi connectivity index (χ1v) is 9.95. The first kappa shape index (κ1) is 22.2. The van der Waals surface area contributed by atoms with Crippen LogP contribution in [-0.4, -0.2) is 37.1 Å². The van der Waals surface area contributed by atoms with Gasteiger partial charge in [0.15, 0.2) is 17.3 Å². The molecule has 0 aliphatic carbocycles. The summed E-state index contributed by atoms with van der Waals surface area (Å²) in [6, 6.07) is 13.9. The summed E-state index contributed by atoms with van der Waals surface area (Å²) in [6.45, 7) is 2.22. The van der Waals surface area contributed by atoms with Crippen LogP contribution >= 0.6 is 11.6 Å². The van der Waals surface area contributed by atoms with Gasteiger partial charge in [0.05, 0.1) is 32.1 Å². The molecule has 2 aromatic carbocycles. The van der Waals surface area contributed by atoms with Gasteiger partial charge < -0.3 is 18.8 Å². The number of methoxy groups -OCH3 is 2. The quantitative estimate of drug-likeness (QED) is 0.282. The maximum atomic E-state index is 13.6. The Morgan fingerprint density at radius 3 is 2.58 bits per heavy atom. The van der Waals surface area contributed by atoms with Gasteiger partial charge in [-0.1, -0.05) is 17.7 Å². The van der Waals surface area contributed by atoms with Gasteiger partial charge in [0.2, 0.25) is 0 Å². The first-order chi connectivity index (χ1) is 15.0. The molecule has 0 saturated carbocycles. The molecule has 0 N–H and O–H groups in total. The van der Waals surface area contributed by atoms with E-state index in [1.54, 1.807) is 53.2 Å². The fourth-order valence-electron chi connectivity index (χ4n) is 3.16.